The van der Waals surface area contributed by atoms with E-state index >= 15 is 0 Å². The van der Waals surface area contributed by atoms with Crippen LogP contribution in [-0.2, 0) is 18.7 Å². The van der Waals surface area contributed by atoms with Gasteiger partial charge in [0.1, 0.15) is 12.2 Å². The van der Waals surface area contributed by atoms with Crippen molar-refractivity contribution in [2.24, 2.45) is 0 Å². The molecule has 0 radical (unpaired) electrons. The number of rotatable bonds is 4. The molecule has 7 heteroatoms. The Hall–Kier alpha value is 0.0469. The highest BCUT2D eigenvalue weighted by Crippen LogP contribution is 2.39. The van der Waals surface area contributed by atoms with Gasteiger partial charge in [0.25, 0.3) is 0 Å². The standard InChI is InChI=1S/C14H27BrO5Si/c1-9(16)18-10-7-12(17)19-11(8-15)13(10)20-21(5,6)14(2,3)4/h10-13,17H,7-8H2,1-6H3/t10-,11?,12+,13+/m1/s1. The summed E-state index contributed by atoms with van der Waals surface area (Å²) in [4.78, 5) is 11.3. The number of ether oxygens (including phenoxy) is 2. The van der Waals surface area contributed by atoms with Crippen molar-refractivity contribution in [2.45, 2.75) is 76.8 Å². The van der Waals surface area contributed by atoms with Gasteiger partial charge in [-0.2, -0.15) is 0 Å². The summed E-state index contributed by atoms with van der Waals surface area (Å²) >= 11 is 3.39. The molecule has 0 aliphatic carbocycles. The molecule has 0 aromatic carbocycles. The second-order valence-electron chi connectivity index (χ2n) is 7.01. The topological polar surface area (TPSA) is 65.0 Å². The van der Waals surface area contributed by atoms with Crippen molar-refractivity contribution in [3.8, 4) is 0 Å². The van der Waals surface area contributed by atoms with Crippen LogP contribution in [0.25, 0.3) is 0 Å². The molecule has 1 fully saturated rings. The van der Waals surface area contributed by atoms with Crippen LogP contribution in [0.15, 0.2) is 0 Å². The first kappa shape index (κ1) is 19.1. The molecule has 1 aliphatic rings. The molecule has 1 heterocycles. The monoisotopic (exact) mass is 382 g/mol. The van der Waals surface area contributed by atoms with Crippen LogP contribution in [0.3, 0.4) is 0 Å². The van der Waals surface area contributed by atoms with E-state index in [1.54, 1.807) is 0 Å². The third kappa shape index (κ3) is 5.02. The van der Waals surface area contributed by atoms with Gasteiger partial charge in [-0.05, 0) is 18.1 Å². The lowest BCUT2D eigenvalue weighted by Crippen LogP contribution is -2.57. The predicted molar refractivity (Wildman–Crippen MR) is 86.9 cm³/mol. The highest BCUT2D eigenvalue weighted by atomic mass is 79.9. The number of aliphatic hydroxyl groups excluding tert-OH is 1. The van der Waals surface area contributed by atoms with Crippen LogP contribution in [0, 0.1) is 0 Å². The largest absolute Gasteiger partial charge is 0.460 e. The molecule has 4 atom stereocenters. The van der Waals surface area contributed by atoms with Crippen molar-refractivity contribution in [1.82, 2.24) is 0 Å². The van der Waals surface area contributed by atoms with Gasteiger partial charge in [-0.1, -0.05) is 36.7 Å². The number of aliphatic hydroxyl groups is 1. The summed E-state index contributed by atoms with van der Waals surface area (Å²) in [6.07, 6.45) is -1.88. The van der Waals surface area contributed by atoms with Gasteiger partial charge in [-0.15, -0.1) is 0 Å². The van der Waals surface area contributed by atoms with Crippen molar-refractivity contribution in [1.29, 1.82) is 0 Å². The molecule has 5 nitrogen and oxygen atoms in total. The zero-order chi connectivity index (χ0) is 16.4. The molecule has 1 unspecified atom stereocenters. The molecule has 21 heavy (non-hydrogen) atoms. The fourth-order valence-electron chi connectivity index (χ4n) is 2.03. The van der Waals surface area contributed by atoms with Crippen molar-refractivity contribution in [2.75, 3.05) is 5.33 Å². The molecule has 1 N–H and O–H groups in total. The van der Waals surface area contributed by atoms with E-state index in [1.807, 2.05) is 0 Å². The fraction of sp³-hybridized carbons (Fsp3) is 0.929. The number of esters is 1. The predicted octanol–water partition coefficient (Wildman–Crippen LogP) is 2.81. The lowest BCUT2D eigenvalue weighted by atomic mass is 10.0. The fourth-order valence-corrected chi connectivity index (χ4v) is 3.89. The molecule has 0 aromatic rings. The maximum Gasteiger partial charge on any atom is 0.302 e. The number of alkyl halides is 1. The van der Waals surface area contributed by atoms with Crippen molar-refractivity contribution in [3.63, 3.8) is 0 Å². The summed E-state index contributed by atoms with van der Waals surface area (Å²) in [5.41, 5.74) is 0. The Morgan fingerprint density at radius 3 is 2.43 bits per heavy atom. The van der Waals surface area contributed by atoms with Gasteiger partial charge >= 0.3 is 5.97 Å². The Morgan fingerprint density at radius 2 is 2.00 bits per heavy atom. The minimum Gasteiger partial charge on any atom is -0.460 e. The quantitative estimate of drug-likeness (QED) is 0.460. The summed E-state index contributed by atoms with van der Waals surface area (Å²) in [6, 6.07) is 0. The summed E-state index contributed by atoms with van der Waals surface area (Å²) in [7, 11) is -2.04. The maximum absolute atomic E-state index is 11.3. The Kier molecular flexibility index (Phi) is 6.44. The number of carbonyl (C=O) groups excluding carboxylic acids is 1. The molecule has 124 valence electrons. The second kappa shape index (κ2) is 7.08. The normalized spacial score (nSPS) is 31.0. The number of carbonyl (C=O) groups is 1. The van der Waals surface area contributed by atoms with E-state index in [2.05, 4.69) is 49.8 Å². The lowest BCUT2D eigenvalue weighted by molar-refractivity contribution is -0.228. The van der Waals surface area contributed by atoms with E-state index in [4.69, 9.17) is 13.9 Å². The summed E-state index contributed by atoms with van der Waals surface area (Å²) in [5, 5.41) is 10.3. The summed E-state index contributed by atoms with van der Waals surface area (Å²) in [5.74, 6) is -0.369. The van der Waals surface area contributed by atoms with E-state index in [0.717, 1.165) is 0 Å². The number of hydrogen-bond acceptors (Lipinski definition) is 5. The Balaban J connectivity index is 2.97. The zero-order valence-electron chi connectivity index (χ0n) is 13.7. The van der Waals surface area contributed by atoms with Crippen LogP contribution >= 0.6 is 15.9 Å². The Morgan fingerprint density at radius 1 is 1.43 bits per heavy atom. The smallest absolute Gasteiger partial charge is 0.302 e. The number of halogens is 1. The van der Waals surface area contributed by atoms with E-state index in [1.165, 1.54) is 6.92 Å². The minimum absolute atomic E-state index is 0.0424. The van der Waals surface area contributed by atoms with Gasteiger partial charge in [0.05, 0.1) is 6.10 Å². The van der Waals surface area contributed by atoms with Gasteiger partial charge < -0.3 is 19.0 Å². The van der Waals surface area contributed by atoms with E-state index in [-0.39, 0.29) is 29.6 Å². The van der Waals surface area contributed by atoms with E-state index in [0.29, 0.717) is 5.33 Å². The summed E-state index contributed by atoms with van der Waals surface area (Å²) in [6.45, 7) is 12.1. The molecule has 0 aromatic heterocycles. The van der Waals surface area contributed by atoms with E-state index in [9.17, 15) is 9.90 Å². The first-order chi connectivity index (χ1) is 9.48. The maximum atomic E-state index is 11.3. The molecular formula is C14H27BrO5Si. The van der Waals surface area contributed by atoms with Crippen LogP contribution in [-0.4, -0.2) is 49.3 Å². The molecular weight excluding hydrogens is 356 g/mol. The minimum atomic E-state index is -2.04. The molecule has 0 amide bonds. The molecule has 0 bridgehead atoms. The third-order valence-electron chi connectivity index (χ3n) is 4.20. The van der Waals surface area contributed by atoms with Crippen LogP contribution in [0.5, 0.6) is 0 Å². The summed E-state index contributed by atoms with van der Waals surface area (Å²) < 4.78 is 17.3. The molecule has 1 rings (SSSR count). The highest BCUT2D eigenvalue weighted by Gasteiger charge is 2.47. The second-order valence-corrected chi connectivity index (χ2v) is 12.4. The van der Waals surface area contributed by atoms with Crippen molar-refractivity contribution < 1.29 is 23.8 Å². The van der Waals surface area contributed by atoms with Gasteiger partial charge in [0.2, 0.25) is 0 Å². The van der Waals surface area contributed by atoms with Gasteiger partial charge in [0, 0.05) is 18.7 Å². The van der Waals surface area contributed by atoms with Gasteiger partial charge in [-0.3, -0.25) is 4.79 Å². The van der Waals surface area contributed by atoms with E-state index < -0.39 is 20.7 Å². The molecule has 1 saturated heterocycles. The Labute approximate surface area is 136 Å². The van der Waals surface area contributed by atoms with Crippen LogP contribution in [0.1, 0.15) is 34.1 Å². The number of hydrogen-bond donors (Lipinski definition) is 1. The average molecular weight is 383 g/mol. The lowest BCUT2D eigenvalue weighted by Gasteiger charge is -2.45. The Bertz CT molecular complexity index is 369. The zero-order valence-corrected chi connectivity index (χ0v) is 16.3. The first-order valence-corrected chi connectivity index (χ1v) is 11.3. The average Bonchev–Trinajstić information content (AvgIpc) is 2.29. The molecule has 0 spiro atoms. The van der Waals surface area contributed by atoms with Gasteiger partial charge in [0.15, 0.2) is 14.6 Å². The molecule has 1 aliphatic heterocycles. The third-order valence-corrected chi connectivity index (χ3v) is 9.32. The van der Waals surface area contributed by atoms with Crippen LogP contribution < -0.4 is 0 Å². The van der Waals surface area contributed by atoms with Crippen LogP contribution in [0.4, 0.5) is 0 Å². The van der Waals surface area contributed by atoms with Crippen LogP contribution in [0.2, 0.25) is 18.1 Å². The molecule has 0 saturated carbocycles. The first-order valence-electron chi connectivity index (χ1n) is 7.22. The van der Waals surface area contributed by atoms with Gasteiger partial charge in [-0.25, -0.2) is 0 Å². The van der Waals surface area contributed by atoms with Crippen molar-refractivity contribution in [3.05, 3.63) is 0 Å². The SMILES string of the molecule is CC(=O)O[C@@H]1C[C@@H](O)OC(CBr)[C@H]1O[Si](C)(C)C(C)(C)C. The van der Waals surface area contributed by atoms with Crippen molar-refractivity contribution >= 4 is 30.2 Å². The highest BCUT2D eigenvalue weighted by molar-refractivity contribution is 9.09.